The molecule has 0 spiro atoms. The number of carbonyl (C=O) groups is 2. The van der Waals surface area contributed by atoms with Gasteiger partial charge in [0.15, 0.2) is 0 Å². The van der Waals surface area contributed by atoms with Crippen molar-refractivity contribution in [1.82, 2.24) is 10.2 Å². The lowest BCUT2D eigenvalue weighted by Crippen LogP contribution is -2.41. The van der Waals surface area contributed by atoms with Gasteiger partial charge in [-0.1, -0.05) is 12.1 Å². The Balaban J connectivity index is 1.49. The van der Waals surface area contributed by atoms with Gasteiger partial charge in [-0.3, -0.25) is 9.59 Å². The lowest BCUT2D eigenvalue weighted by Gasteiger charge is -2.29. The maximum atomic E-state index is 12.5. The van der Waals surface area contributed by atoms with E-state index in [1.165, 1.54) is 12.8 Å². The first-order valence-electron chi connectivity index (χ1n) is 9.28. The van der Waals surface area contributed by atoms with Crippen LogP contribution in [0.1, 0.15) is 43.2 Å². The molecule has 2 aliphatic heterocycles. The molecule has 2 atom stereocenters. The van der Waals surface area contributed by atoms with Crippen LogP contribution >= 0.6 is 0 Å². The van der Waals surface area contributed by atoms with Crippen LogP contribution in [-0.2, 0) is 9.59 Å². The zero-order valence-corrected chi connectivity index (χ0v) is 15.5. The van der Waals surface area contributed by atoms with Crippen molar-refractivity contribution in [3.05, 3.63) is 29.3 Å². The number of nitrogens with zero attached hydrogens (tertiary/aromatic N) is 1. The van der Waals surface area contributed by atoms with E-state index in [-0.39, 0.29) is 18.4 Å². The molecule has 5 heteroatoms. The number of anilines is 1. The number of nitrogens with one attached hydrogen (secondary N) is 2. The average Bonchev–Trinajstić information content (AvgIpc) is 2.90. The second-order valence-corrected chi connectivity index (χ2v) is 7.72. The molecule has 2 unspecified atom stereocenters. The van der Waals surface area contributed by atoms with Gasteiger partial charge in [0, 0.05) is 31.2 Å². The summed E-state index contributed by atoms with van der Waals surface area (Å²) in [6.45, 7) is 4.11. The molecule has 0 aromatic heterocycles. The summed E-state index contributed by atoms with van der Waals surface area (Å²) in [6, 6.07) is 7.03. The number of likely N-dealkylation sites (N-methyl/N-ethyl adjacent to an activating group) is 1. The zero-order valence-electron chi connectivity index (χ0n) is 15.5. The zero-order chi connectivity index (χ0) is 18.0. The number of benzene rings is 1. The summed E-state index contributed by atoms with van der Waals surface area (Å²) in [5, 5.41) is 6.52. The van der Waals surface area contributed by atoms with Gasteiger partial charge >= 0.3 is 0 Å². The van der Waals surface area contributed by atoms with Gasteiger partial charge in [-0.15, -0.1) is 0 Å². The quantitative estimate of drug-likeness (QED) is 0.864. The molecular formula is C20H29N3O2. The predicted molar refractivity (Wildman–Crippen MR) is 99.5 cm³/mol. The molecule has 2 amide bonds. The molecule has 1 aromatic carbocycles. The molecule has 3 rings (SSSR count). The van der Waals surface area contributed by atoms with Crippen molar-refractivity contribution in [3.8, 4) is 0 Å². The summed E-state index contributed by atoms with van der Waals surface area (Å²) in [7, 11) is 1.72. The summed E-state index contributed by atoms with van der Waals surface area (Å²) < 4.78 is 0. The van der Waals surface area contributed by atoms with E-state index in [1.807, 2.05) is 32.0 Å². The SMILES string of the molecule is Cc1cccc(NC(=O)CN(C)C(=O)CC2CC3CCC(C2)N3)c1C. The first-order valence-corrected chi connectivity index (χ1v) is 9.28. The lowest BCUT2D eigenvalue weighted by molar-refractivity contribution is -0.134. The van der Waals surface area contributed by atoms with E-state index in [1.54, 1.807) is 11.9 Å². The number of piperidine rings is 1. The van der Waals surface area contributed by atoms with Gasteiger partial charge in [0.25, 0.3) is 0 Å². The number of hydrogen-bond acceptors (Lipinski definition) is 3. The van der Waals surface area contributed by atoms with E-state index >= 15 is 0 Å². The maximum absolute atomic E-state index is 12.5. The molecule has 136 valence electrons. The fraction of sp³-hybridized carbons (Fsp3) is 0.600. The van der Waals surface area contributed by atoms with E-state index in [4.69, 9.17) is 0 Å². The summed E-state index contributed by atoms with van der Waals surface area (Å²) in [6.07, 6.45) is 5.21. The van der Waals surface area contributed by atoms with Crippen LogP contribution in [0.5, 0.6) is 0 Å². The smallest absolute Gasteiger partial charge is 0.243 e. The van der Waals surface area contributed by atoms with Crippen LogP contribution in [0.15, 0.2) is 18.2 Å². The first-order chi connectivity index (χ1) is 11.9. The van der Waals surface area contributed by atoms with E-state index < -0.39 is 0 Å². The molecular weight excluding hydrogens is 314 g/mol. The molecule has 25 heavy (non-hydrogen) atoms. The third-order valence-electron chi connectivity index (χ3n) is 5.72. The highest BCUT2D eigenvalue weighted by Crippen LogP contribution is 2.32. The Hall–Kier alpha value is -1.88. The number of rotatable bonds is 5. The normalized spacial score (nSPS) is 24.8. The summed E-state index contributed by atoms with van der Waals surface area (Å²) >= 11 is 0. The van der Waals surface area contributed by atoms with Gasteiger partial charge in [-0.25, -0.2) is 0 Å². The second kappa shape index (κ2) is 7.56. The van der Waals surface area contributed by atoms with Crippen LogP contribution in [0.4, 0.5) is 5.69 Å². The Kier molecular flexibility index (Phi) is 5.42. The Labute approximate surface area is 150 Å². The lowest BCUT2D eigenvalue weighted by atomic mass is 9.89. The molecule has 2 bridgehead atoms. The minimum absolute atomic E-state index is 0.0717. The van der Waals surface area contributed by atoms with Gasteiger partial charge in [0.2, 0.25) is 11.8 Å². The van der Waals surface area contributed by atoms with Crippen LogP contribution in [0.25, 0.3) is 0 Å². The fourth-order valence-electron chi connectivity index (χ4n) is 4.12. The molecule has 0 saturated carbocycles. The number of fused-ring (bicyclic) bond motifs is 2. The van der Waals surface area contributed by atoms with Gasteiger partial charge in [0.1, 0.15) is 0 Å². The highest BCUT2D eigenvalue weighted by atomic mass is 16.2. The molecule has 1 aromatic rings. The monoisotopic (exact) mass is 343 g/mol. The van der Waals surface area contributed by atoms with E-state index in [2.05, 4.69) is 10.6 Å². The highest BCUT2D eigenvalue weighted by Gasteiger charge is 2.34. The largest absolute Gasteiger partial charge is 0.336 e. The van der Waals surface area contributed by atoms with Gasteiger partial charge in [-0.05, 0) is 62.6 Å². The van der Waals surface area contributed by atoms with Crippen molar-refractivity contribution in [3.63, 3.8) is 0 Å². The molecule has 2 heterocycles. The molecule has 2 fully saturated rings. The van der Waals surface area contributed by atoms with Crippen molar-refractivity contribution >= 4 is 17.5 Å². The predicted octanol–water partition coefficient (Wildman–Crippen LogP) is 2.62. The van der Waals surface area contributed by atoms with Crippen LogP contribution in [0, 0.1) is 19.8 Å². The molecule has 2 aliphatic rings. The Morgan fingerprint density at radius 3 is 2.56 bits per heavy atom. The van der Waals surface area contributed by atoms with Crippen molar-refractivity contribution in [1.29, 1.82) is 0 Å². The van der Waals surface area contributed by atoms with Crippen LogP contribution < -0.4 is 10.6 Å². The van der Waals surface area contributed by atoms with E-state index in [0.717, 1.165) is 29.7 Å². The van der Waals surface area contributed by atoms with Gasteiger partial charge in [0.05, 0.1) is 6.54 Å². The van der Waals surface area contributed by atoms with Crippen molar-refractivity contribution < 1.29 is 9.59 Å². The van der Waals surface area contributed by atoms with Crippen molar-refractivity contribution in [2.24, 2.45) is 5.92 Å². The third kappa shape index (κ3) is 4.40. The Morgan fingerprint density at radius 2 is 1.88 bits per heavy atom. The van der Waals surface area contributed by atoms with E-state index in [0.29, 0.717) is 24.4 Å². The minimum Gasteiger partial charge on any atom is -0.336 e. The van der Waals surface area contributed by atoms with Crippen molar-refractivity contribution in [2.45, 2.75) is 58.0 Å². The Bertz CT molecular complexity index is 646. The first kappa shape index (κ1) is 17.9. The topological polar surface area (TPSA) is 61.4 Å². The molecule has 5 nitrogen and oxygen atoms in total. The van der Waals surface area contributed by atoms with Crippen LogP contribution in [0.3, 0.4) is 0 Å². The van der Waals surface area contributed by atoms with E-state index in [9.17, 15) is 9.59 Å². The Morgan fingerprint density at radius 1 is 1.20 bits per heavy atom. The van der Waals surface area contributed by atoms with Gasteiger partial charge < -0.3 is 15.5 Å². The number of aryl methyl sites for hydroxylation is 1. The summed E-state index contributed by atoms with van der Waals surface area (Å²) in [4.78, 5) is 26.3. The minimum atomic E-state index is -0.144. The van der Waals surface area contributed by atoms with Crippen molar-refractivity contribution in [2.75, 3.05) is 18.9 Å². The molecule has 2 saturated heterocycles. The fourth-order valence-corrected chi connectivity index (χ4v) is 4.12. The molecule has 0 aliphatic carbocycles. The standard InChI is InChI=1S/C20H29N3O2/c1-13-5-4-6-18(14(13)2)22-19(24)12-23(3)20(25)11-15-9-16-7-8-17(10-15)21-16/h4-6,15-17,21H,7-12H2,1-3H3,(H,22,24). The number of amides is 2. The molecule has 2 N–H and O–H groups in total. The summed E-state index contributed by atoms with van der Waals surface area (Å²) in [5.41, 5.74) is 3.03. The van der Waals surface area contributed by atoms with Crippen LogP contribution in [-0.4, -0.2) is 42.4 Å². The average molecular weight is 343 g/mol. The highest BCUT2D eigenvalue weighted by molar-refractivity contribution is 5.95. The third-order valence-corrected chi connectivity index (χ3v) is 5.72. The number of hydrogen-bond donors (Lipinski definition) is 2. The molecule has 0 radical (unpaired) electrons. The maximum Gasteiger partial charge on any atom is 0.243 e. The van der Waals surface area contributed by atoms with Crippen LogP contribution in [0.2, 0.25) is 0 Å². The summed E-state index contributed by atoms with van der Waals surface area (Å²) in [5.74, 6) is 0.383. The number of carbonyl (C=O) groups excluding carboxylic acids is 2. The second-order valence-electron chi connectivity index (χ2n) is 7.72. The van der Waals surface area contributed by atoms with Gasteiger partial charge in [-0.2, -0.15) is 0 Å².